The van der Waals surface area contributed by atoms with Gasteiger partial charge >= 0.3 is 0 Å². The zero-order chi connectivity index (χ0) is 16.2. The minimum atomic E-state index is -3.42. The van der Waals surface area contributed by atoms with Crippen LogP contribution in [0.15, 0.2) is 58.5 Å². The quantitative estimate of drug-likeness (QED) is 0.650. The zero-order valence-corrected chi connectivity index (χ0v) is 13.7. The lowest BCUT2D eigenvalue weighted by atomic mass is 10.1. The van der Waals surface area contributed by atoms with Crippen LogP contribution in [0.25, 0.3) is 0 Å². The van der Waals surface area contributed by atoms with Gasteiger partial charge in [0.15, 0.2) is 0 Å². The van der Waals surface area contributed by atoms with Gasteiger partial charge in [-0.1, -0.05) is 23.7 Å². The molecule has 2 N–H and O–H groups in total. The molecule has 116 valence electrons. The fourth-order valence-corrected chi connectivity index (χ4v) is 2.59. The molecule has 0 aliphatic heterocycles. The number of hydrogen-bond acceptors (Lipinski definition) is 4. The Balaban J connectivity index is 2.14. The maximum atomic E-state index is 11.7. The Bertz CT molecular complexity index is 769. The van der Waals surface area contributed by atoms with Crippen molar-refractivity contribution in [2.45, 2.75) is 11.8 Å². The molecule has 0 spiro atoms. The number of nitrogens with zero attached hydrogens (tertiary/aromatic N) is 1. The molecule has 0 saturated heterocycles. The SMILES string of the molecule is CNS(=O)(=O)c1ccc(/C(C)=N\Nc2ccc(Cl)cc2)cc1. The highest BCUT2D eigenvalue weighted by Crippen LogP contribution is 2.14. The highest BCUT2D eigenvalue weighted by molar-refractivity contribution is 7.89. The van der Waals surface area contributed by atoms with Gasteiger partial charge in [0.1, 0.15) is 0 Å². The second-order valence-corrected chi connectivity index (χ2v) is 6.87. The van der Waals surface area contributed by atoms with E-state index in [0.717, 1.165) is 17.0 Å². The van der Waals surface area contributed by atoms with Crippen molar-refractivity contribution >= 4 is 33.0 Å². The maximum absolute atomic E-state index is 11.7. The molecule has 7 heteroatoms. The second kappa shape index (κ2) is 6.91. The summed E-state index contributed by atoms with van der Waals surface area (Å²) in [7, 11) is -2.04. The van der Waals surface area contributed by atoms with Crippen molar-refractivity contribution in [3.8, 4) is 0 Å². The van der Waals surface area contributed by atoms with E-state index < -0.39 is 10.0 Å². The Kier molecular flexibility index (Phi) is 5.18. The van der Waals surface area contributed by atoms with E-state index in [1.165, 1.54) is 7.05 Å². The van der Waals surface area contributed by atoms with Crippen LogP contribution in [0, 0.1) is 0 Å². The van der Waals surface area contributed by atoms with Crippen LogP contribution in [-0.2, 0) is 10.0 Å². The number of nitrogens with one attached hydrogen (secondary N) is 2. The minimum absolute atomic E-state index is 0.220. The normalized spacial score (nSPS) is 12.2. The van der Waals surface area contributed by atoms with E-state index in [1.54, 1.807) is 36.4 Å². The molecule has 0 unspecified atom stereocenters. The molecular weight excluding hydrogens is 322 g/mol. The van der Waals surface area contributed by atoms with Gasteiger partial charge in [-0.2, -0.15) is 5.10 Å². The second-order valence-electron chi connectivity index (χ2n) is 4.55. The maximum Gasteiger partial charge on any atom is 0.240 e. The Morgan fingerprint density at radius 1 is 1.05 bits per heavy atom. The summed E-state index contributed by atoms with van der Waals surface area (Å²) in [5.74, 6) is 0. The average Bonchev–Trinajstić information content (AvgIpc) is 2.54. The summed E-state index contributed by atoms with van der Waals surface area (Å²) in [5.41, 5.74) is 5.31. The molecule has 0 bridgehead atoms. The summed E-state index contributed by atoms with van der Waals surface area (Å²) in [4.78, 5) is 0.220. The molecule has 0 aromatic heterocycles. The monoisotopic (exact) mass is 337 g/mol. The van der Waals surface area contributed by atoms with Gasteiger partial charge in [-0.25, -0.2) is 13.1 Å². The molecule has 0 fully saturated rings. The van der Waals surface area contributed by atoms with E-state index >= 15 is 0 Å². The van der Waals surface area contributed by atoms with E-state index in [1.807, 2.05) is 19.1 Å². The molecule has 5 nitrogen and oxygen atoms in total. The van der Waals surface area contributed by atoms with Crippen molar-refractivity contribution in [1.29, 1.82) is 0 Å². The largest absolute Gasteiger partial charge is 0.278 e. The molecule has 0 aliphatic rings. The lowest BCUT2D eigenvalue weighted by Gasteiger charge is -2.06. The lowest BCUT2D eigenvalue weighted by Crippen LogP contribution is -2.18. The number of anilines is 1. The number of hydrogen-bond donors (Lipinski definition) is 2. The van der Waals surface area contributed by atoms with Gasteiger partial charge in [0.05, 0.1) is 16.3 Å². The Morgan fingerprint density at radius 2 is 1.64 bits per heavy atom. The number of halogens is 1. The third-order valence-electron chi connectivity index (χ3n) is 3.05. The fraction of sp³-hybridized carbons (Fsp3) is 0.133. The number of rotatable bonds is 5. The van der Waals surface area contributed by atoms with Gasteiger partial charge in [-0.15, -0.1) is 0 Å². The van der Waals surface area contributed by atoms with Crippen LogP contribution in [0.4, 0.5) is 5.69 Å². The first-order chi connectivity index (χ1) is 10.4. The fourth-order valence-electron chi connectivity index (χ4n) is 1.73. The summed E-state index contributed by atoms with van der Waals surface area (Å²) in [6.07, 6.45) is 0. The predicted molar refractivity (Wildman–Crippen MR) is 90.0 cm³/mol. The molecule has 0 atom stereocenters. The molecule has 0 amide bonds. The number of hydrazone groups is 1. The topological polar surface area (TPSA) is 70.6 Å². The first-order valence-electron chi connectivity index (χ1n) is 6.52. The zero-order valence-electron chi connectivity index (χ0n) is 12.2. The molecule has 2 rings (SSSR count). The van der Waals surface area contributed by atoms with E-state index in [9.17, 15) is 8.42 Å². The van der Waals surface area contributed by atoms with E-state index in [4.69, 9.17) is 11.6 Å². The van der Waals surface area contributed by atoms with Crippen LogP contribution in [0.3, 0.4) is 0 Å². The van der Waals surface area contributed by atoms with Gasteiger partial charge < -0.3 is 0 Å². The highest BCUT2D eigenvalue weighted by atomic mass is 35.5. The summed E-state index contributed by atoms with van der Waals surface area (Å²) in [5, 5.41) is 4.92. The standard InChI is InChI=1S/C15H16ClN3O2S/c1-11(18-19-14-7-5-13(16)6-8-14)12-3-9-15(10-4-12)22(20,21)17-2/h3-10,17,19H,1-2H3/b18-11-. The van der Waals surface area contributed by atoms with Crippen LogP contribution in [0.5, 0.6) is 0 Å². The number of sulfonamides is 1. The summed E-state index contributed by atoms with van der Waals surface area (Å²) >= 11 is 5.82. The van der Waals surface area contributed by atoms with Crippen LogP contribution in [0.2, 0.25) is 5.02 Å². The Morgan fingerprint density at radius 3 is 2.18 bits per heavy atom. The summed E-state index contributed by atoms with van der Waals surface area (Å²) in [6, 6.07) is 13.7. The van der Waals surface area contributed by atoms with Gasteiger partial charge in [-0.05, 0) is 55.9 Å². The third kappa shape index (κ3) is 4.07. The smallest absolute Gasteiger partial charge is 0.240 e. The van der Waals surface area contributed by atoms with Crippen LogP contribution < -0.4 is 10.1 Å². The Labute approximate surface area is 135 Å². The first kappa shape index (κ1) is 16.5. The van der Waals surface area contributed by atoms with Gasteiger partial charge in [0.25, 0.3) is 0 Å². The van der Waals surface area contributed by atoms with Crippen molar-refractivity contribution < 1.29 is 8.42 Å². The van der Waals surface area contributed by atoms with Crippen molar-refractivity contribution in [3.63, 3.8) is 0 Å². The van der Waals surface area contributed by atoms with Gasteiger partial charge in [-0.3, -0.25) is 5.43 Å². The van der Waals surface area contributed by atoms with Crippen LogP contribution in [-0.4, -0.2) is 21.2 Å². The van der Waals surface area contributed by atoms with Gasteiger partial charge in [0, 0.05) is 5.02 Å². The molecule has 0 aliphatic carbocycles. The van der Waals surface area contributed by atoms with Crippen molar-refractivity contribution in [1.82, 2.24) is 4.72 Å². The van der Waals surface area contributed by atoms with Crippen LogP contribution in [0.1, 0.15) is 12.5 Å². The predicted octanol–water partition coefficient (Wildman–Crippen LogP) is 3.08. The molecule has 0 heterocycles. The van der Waals surface area contributed by atoms with Crippen molar-refractivity contribution in [2.75, 3.05) is 12.5 Å². The first-order valence-corrected chi connectivity index (χ1v) is 8.38. The molecular formula is C15H16ClN3O2S. The molecule has 2 aromatic rings. The minimum Gasteiger partial charge on any atom is -0.278 e. The van der Waals surface area contributed by atoms with Crippen molar-refractivity contribution in [3.05, 3.63) is 59.1 Å². The van der Waals surface area contributed by atoms with E-state index in [-0.39, 0.29) is 4.90 Å². The summed E-state index contributed by atoms with van der Waals surface area (Å²) < 4.78 is 25.6. The number of benzene rings is 2. The van der Waals surface area contributed by atoms with Crippen molar-refractivity contribution in [2.24, 2.45) is 5.10 Å². The third-order valence-corrected chi connectivity index (χ3v) is 4.73. The molecule has 22 heavy (non-hydrogen) atoms. The lowest BCUT2D eigenvalue weighted by molar-refractivity contribution is 0.588. The van der Waals surface area contributed by atoms with Gasteiger partial charge in [0.2, 0.25) is 10.0 Å². The Hall–Kier alpha value is -1.89. The van der Waals surface area contributed by atoms with Crippen LogP contribution >= 0.6 is 11.6 Å². The summed E-state index contributed by atoms with van der Waals surface area (Å²) in [6.45, 7) is 1.84. The molecule has 0 radical (unpaired) electrons. The van der Waals surface area contributed by atoms with E-state index in [0.29, 0.717) is 5.02 Å². The molecule has 2 aromatic carbocycles. The highest BCUT2D eigenvalue weighted by Gasteiger charge is 2.10. The average molecular weight is 338 g/mol. The van der Waals surface area contributed by atoms with E-state index in [2.05, 4.69) is 15.2 Å². The molecule has 0 saturated carbocycles.